The second-order valence-corrected chi connectivity index (χ2v) is 8.72. The van der Waals surface area contributed by atoms with E-state index in [2.05, 4.69) is 53.7 Å². The summed E-state index contributed by atoms with van der Waals surface area (Å²) in [5, 5.41) is 15.5. The van der Waals surface area contributed by atoms with Gasteiger partial charge >= 0.3 is 0 Å². The zero-order valence-corrected chi connectivity index (χ0v) is 21.1. The van der Waals surface area contributed by atoms with E-state index in [9.17, 15) is 14.7 Å². The number of nitrogens with one attached hydrogen (secondary N) is 2. The van der Waals surface area contributed by atoms with Crippen LogP contribution in [-0.2, 0) is 9.59 Å². The van der Waals surface area contributed by atoms with Crippen molar-refractivity contribution in [1.82, 2.24) is 15.5 Å². The normalized spacial score (nSPS) is 13.7. The van der Waals surface area contributed by atoms with Crippen molar-refractivity contribution < 1.29 is 14.7 Å². The number of rotatable bonds is 20. The molecule has 0 fully saturated rings. The molecule has 0 rings (SSSR count). The Hall–Kier alpha value is -1.66. The van der Waals surface area contributed by atoms with Gasteiger partial charge in [-0.3, -0.25) is 14.5 Å². The van der Waals surface area contributed by atoms with Crippen molar-refractivity contribution in [2.45, 2.75) is 104 Å². The topological polar surface area (TPSA) is 81.7 Å². The average Bonchev–Trinajstić information content (AvgIpc) is 2.73. The second-order valence-electron chi connectivity index (χ2n) is 8.72. The molecule has 0 radical (unpaired) electrons. The third-order valence-corrected chi connectivity index (χ3v) is 5.09. The number of hydrogen-bond donors (Lipinski definition) is 3. The van der Waals surface area contributed by atoms with E-state index < -0.39 is 0 Å². The highest BCUT2D eigenvalue weighted by Crippen LogP contribution is 2.02. The predicted molar refractivity (Wildman–Crippen MR) is 135 cm³/mol. The molecular weight excluding hydrogens is 402 g/mol. The summed E-state index contributed by atoms with van der Waals surface area (Å²) in [4.78, 5) is 26.4. The minimum Gasteiger partial charge on any atom is -0.395 e. The van der Waals surface area contributed by atoms with E-state index in [1.165, 1.54) is 0 Å². The van der Waals surface area contributed by atoms with Gasteiger partial charge in [-0.15, -0.1) is 0 Å². The molecular formula is C26H49N3O3. The number of aliphatic hydroxyl groups is 1. The Kier molecular flexibility index (Phi) is 20.1. The molecule has 186 valence electrons. The van der Waals surface area contributed by atoms with E-state index in [0.29, 0.717) is 32.5 Å². The van der Waals surface area contributed by atoms with Gasteiger partial charge < -0.3 is 15.7 Å². The maximum Gasteiger partial charge on any atom is 0.220 e. The van der Waals surface area contributed by atoms with Crippen molar-refractivity contribution in [3.63, 3.8) is 0 Å². The maximum atomic E-state index is 12.2. The first kappa shape index (κ1) is 30.3. The van der Waals surface area contributed by atoms with E-state index in [1.54, 1.807) is 0 Å². The van der Waals surface area contributed by atoms with Crippen LogP contribution >= 0.6 is 0 Å². The molecule has 2 unspecified atom stereocenters. The van der Waals surface area contributed by atoms with Crippen LogP contribution in [0.4, 0.5) is 0 Å². The smallest absolute Gasteiger partial charge is 0.220 e. The van der Waals surface area contributed by atoms with Crippen LogP contribution in [0, 0.1) is 0 Å². The van der Waals surface area contributed by atoms with E-state index in [0.717, 1.165) is 51.4 Å². The van der Waals surface area contributed by atoms with Crippen molar-refractivity contribution in [3.05, 3.63) is 24.3 Å². The molecule has 0 aromatic carbocycles. The summed E-state index contributed by atoms with van der Waals surface area (Å²) >= 11 is 0. The molecule has 6 nitrogen and oxygen atoms in total. The van der Waals surface area contributed by atoms with Gasteiger partial charge in [-0.05, 0) is 52.4 Å². The van der Waals surface area contributed by atoms with Crippen molar-refractivity contribution >= 4 is 11.8 Å². The molecule has 6 heteroatoms. The maximum absolute atomic E-state index is 12.2. The molecule has 0 aliphatic carbocycles. The van der Waals surface area contributed by atoms with Gasteiger partial charge in [-0.1, -0.05) is 51.0 Å². The molecule has 0 spiro atoms. The number of aliphatic hydroxyl groups excluding tert-OH is 1. The van der Waals surface area contributed by atoms with E-state index >= 15 is 0 Å². The summed E-state index contributed by atoms with van der Waals surface area (Å²) in [7, 11) is 0. The molecule has 2 atom stereocenters. The molecule has 0 bridgehead atoms. The lowest BCUT2D eigenvalue weighted by molar-refractivity contribution is -0.122. The number of hydrogen-bond acceptors (Lipinski definition) is 4. The van der Waals surface area contributed by atoms with Gasteiger partial charge in [0.25, 0.3) is 0 Å². The van der Waals surface area contributed by atoms with Crippen LogP contribution in [-0.4, -0.2) is 60.1 Å². The molecule has 0 heterocycles. The van der Waals surface area contributed by atoms with Gasteiger partial charge in [-0.25, -0.2) is 0 Å². The summed E-state index contributed by atoms with van der Waals surface area (Å²) in [6.45, 7) is 10.1. The first-order chi connectivity index (χ1) is 15.4. The predicted octanol–water partition coefficient (Wildman–Crippen LogP) is 4.34. The third-order valence-electron chi connectivity index (χ3n) is 5.09. The van der Waals surface area contributed by atoms with Crippen molar-refractivity contribution in [3.8, 4) is 0 Å². The fourth-order valence-electron chi connectivity index (χ4n) is 3.52. The molecule has 0 aliphatic heterocycles. The summed E-state index contributed by atoms with van der Waals surface area (Å²) in [6.07, 6.45) is 17.8. The molecule has 0 aromatic heterocycles. The number of allylic oxidation sites excluding steroid dienone is 4. The summed E-state index contributed by atoms with van der Waals surface area (Å²) in [5.41, 5.74) is 0. The first-order valence-corrected chi connectivity index (χ1v) is 12.6. The van der Waals surface area contributed by atoms with E-state index in [-0.39, 0.29) is 30.5 Å². The monoisotopic (exact) mass is 451 g/mol. The first-order valence-electron chi connectivity index (χ1n) is 12.6. The molecule has 0 aromatic rings. The summed E-state index contributed by atoms with van der Waals surface area (Å²) in [5.74, 6) is 0.138. The highest BCUT2D eigenvalue weighted by molar-refractivity contribution is 5.76. The van der Waals surface area contributed by atoms with Crippen molar-refractivity contribution in [1.29, 1.82) is 0 Å². The van der Waals surface area contributed by atoms with Gasteiger partial charge in [0, 0.05) is 44.6 Å². The Bertz CT molecular complexity index is 490. The average molecular weight is 452 g/mol. The molecule has 32 heavy (non-hydrogen) atoms. The summed E-state index contributed by atoms with van der Waals surface area (Å²) < 4.78 is 0. The second kappa shape index (κ2) is 21.2. The minimum absolute atomic E-state index is 0.0116. The number of nitrogens with zero attached hydrogens (tertiary/aromatic N) is 1. The van der Waals surface area contributed by atoms with Crippen LogP contribution in [0.3, 0.4) is 0 Å². The molecule has 0 saturated carbocycles. The Morgan fingerprint density at radius 2 is 1.19 bits per heavy atom. The van der Waals surface area contributed by atoms with Gasteiger partial charge in [0.1, 0.15) is 0 Å². The zero-order chi connectivity index (χ0) is 24.0. The standard InChI is InChI=1S/C26H49N3O3/c1-5-7-9-11-13-15-17-25(31)27-23(3)21-29(19-20-30)22-24(4)28-26(32)18-16-14-12-10-8-6-2/h9-12,23-24,30H,5-8,13-22H2,1-4H3,(H,27,31)(H,28,32)/b11-9+,12-10+. The largest absolute Gasteiger partial charge is 0.395 e. The van der Waals surface area contributed by atoms with Crippen LogP contribution in [0.25, 0.3) is 0 Å². The molecule has 3 N–H and O–H groups in total. The van der Waals surface area contributed by atoms with Crippen LogP contribution in [0.5, 0.6) is 0 Å². The van der Waals surface area contributed by atoms with Crippen LogP contribution in [0.2, 0.25) is 0 Å². The lowest BCUT2D eigenvalue weighted by Gasteiger charge is -2.28. The van der Waals surface area contributed by atoms with E-state index in [1.807, 2.05) is 13.8 Å². The van der Waals surface area contributed by atoms with Crippen LogP contribution < -0.4 is 10.6 Å². The zero-order valence-electron chi connectivity index (χ0n) is 21.1. The van der Waals surface area contributed by atoms with Gasteiger partial charge in [-0.2, -0.15) is 0 Å². The number of unbranched alkanes of at least 4 members (excludes halogenated alkanes) is 4. The number of amides is 2. The number of carbonyl (C=O) groups excluding carboxylic acids is 2. The van der Waals surface area contributed by atoms with Crippen LogP contribution in [0.15, 0.2) is 24.3 Å². The van der Waals surface area contributed by atoms with E-state index in [4.69, 9.17) is 0 Å². The Morgan fingerprint density at radius 1 is 0.781 bits per heavy atom. The highest BCUT2D eigenvalue weighted by Gasteiger charge is 2.16. The fraction of sp³-hybridized carbons (Fsp3) is 0.769. The molecule has 2 amide bonds. The van der Waals surface area contributed by atoms with Crippen molar-refractivity contribution in [2.24, 2.45) is 0 Å². The lowest BCUT2D eigenvalue weighted by atomic mass is 10.2. The highest BCUT2D eigenvalue weighted by atomic mass is 16.3. The third kappa shape index (κ3) is 19.1. The van der Waals surface area contributed by atoms with Crippen molar-refractivity contribution in [2.75, 3.05) is 26.2 Å². The van der Waals surface area contributed by atoms with Gasteiger partial charge in [0.05, 0.1) is 6.61 Å². The Balaban J connectivity index is 4.20. The Labute approximate surface area is 196 Å². The molecule has 0 aliphatic rings. The van der Waals surface area contributed by atoms with Crippen LogP contribution in [0.1, 0.15) is 91.9 Å². The lowest BCUT2D eigenvalue weighted by Crippen LogP contribution is -2.48. The minimum atomic E-state index is -0.0116. The van der Waals surface area contributed by atoms with Gasteiger partial charge in [0.15, 0.2) is 0 Å². The number of carbonyl (C=O) groups is 2. The molecule has 0 saturated heterocycles. The fourth-order valence-corrected chi connectivity index (χ4v) is 3.52. The quantitative estimate of drug-likeness (QED) is 0.190. The van der Waals surface area contributed by atoms with Gasteiger partial charge in [0.2, 0.25) is 11.8 Å². The SMILES string of the molecule is CCC/C=C/CCCC(=O)NC(C)CN(CCO)CC(C)NC(=O)CCC/C=C/CCC. The Morgan fingerprint density at radius 3 is 1.56 bits per heavy atom. The summed E-state index contributed by atoms with van der Waals surface area (Å²) in [6, 6.07) is -0.0232.